The summed E-state index contributed by atoms with van der Waals surface area (Å²) in [6.45, 7) is 0. The number of nitrogens with zero attached hydrogens (tertiary/aromatic N) is 1. The maximum atomic E-state index is 11.9. The van der Waals surface area contributed by atoms with Crippen molar-refractivity contribution < 1.29 is 22.8 Å². The van der Waals surface area contributed by atoms with Crippen LogP contribution in [0.4, 0.5) is 18.9 Å². The van der Waals surface area contributed by atoms with Gasteiger partial charge < -0.3 is 4.74 Å². The van der Waals surface area contributed by atoms with Crippen LogP contribution >= 0.6 is 11.6 Å². The van der Waals surface area contributed by atoms with E-state index < -0.39 is 17.0 Å². The first kappa shape index (κ1) is 12.6. The molecule has 88 valence electrons. The first-order valence-electron chi connectivity index (χ1n) is 3.92. The number of hydrogen-bond donors (Lipinski definition) is 0. The molecule has 4 nitrogen and oxygen atoms in total. The fraction of sp³-hybridized carbons (Fsp3) is 0.250. The predicted molar refractivity (Wildman–Crippen MR) is 49.3 cm³/mol. The first-order valence-corrected chi connectivity index (χ1v) is 4.46. The summed E-state index contributed by atoms with van der Waals surface area (Å²) < 4.78 is 39.4. The smallest absolute Gasteiger partial charge is 0.405 e. The van der Waals surface area contributed by atoms with Crippen LogP contribution in [0.25, 0.3) is 0 Å². The summed E-state index contributed by atoms with van der Waals surface area (Å²) in [5.41, 5.74) is -0.432. The van der Waals surface area contributed by atoms with Crippen molar-refractivity contribution in [3.63, 3.8) is 0 Å². The zero-order valence-electron chi connectivity index (χ0n) is 7.62. The van der Waals surface area contributed by atoms with E-state index in [9.17, 15) is 23.3 Å². The van der Waals surface area contributed by atoms with Crippen LogP contribution in [0.3, 0.4) is 0 Å². The average Bonchev–Trinajstić information content (AvgIpc) is 2.15. The third-order valence-corrected chi connectivity index (χ3v) is 1.91. The number of halogens is 4. The van der Waals surface area contributed by atoms with Crippen molar-refractivity contribution in [2.45, 2.75) is 12.2 Å². The molecule has 1 aromatic carbocycles. The van der Waals surface area contributed by atoms with Gasteiger partial charge in [-0.1, -0.05) is 0 Å². The molecule has 0 saturated heterocycles. The molecule has 0 aromatic heterocycles. The van der Waals surface area contributed by atoms with E-state index in [0.29, 0.717) is 0 Å². The molecule has 0 heterocycles. The van der Waals surface area contributed by atoms with Gasteiger partial charge in [-0.05, 0) is 6.07 Å². The van der Waals surface area contributed by atoms with Gasteiger partial charge in [-0.25, -0.2) is 0 Å². The third-order valence-electron chi connectivity index (χ3n) is 1.62. The van der Waals surface area contributed by atoms with E-state index in [0.717, 1.165) is 18.2 Å². The molecule has 1 aromatic rings. The Labute approximate surface area is 92.7 Å². The summed E-state index contributed by atoms with van der Waals surface area (Å²) >= 11 is 5.37. The van der Waals surface area contributed by atoms with Gasteiger partial charge in [-0.15, -0.1) is 24.8 Å². The largest absolute Gasteiger partial charge is 0.573 e. The molecule has 8 heteroatoms. The molecule has 0 aliphatic rings. The number of rotatable bonds is 3. The predicted octanol–water partition coefficient (Wildman–Crippen LogP) is 3.23. The van der Waals surface area contributed by atoms with Crippen molar-refractivity contribution in [2.75, 3.05) is 0 Å². The van der Waals surface area contributed by atoms with Crippen LogP contribution in [0.1, 0.15) is 5.56 Å². The number of benzene rings is 1. The van der Waals surface area contributed by atoms with E-state index in [2.05, 4.69) is 4.74 Å². The van der Waals surface area contributed by atoms with E-state index in [1.807, 2.05) is 0 Å². The van der Waals surface area contributed by atoms with Gasteiger partial charge in [0.1, 0.15) is 5.75 Å². The Bertz CT molecular complexity index is 408. The van der Waals surface area contributed by atoms with Crippen molar-refractivity contribution in [1.29, 1.82) is 0 Å². The molecule has 0 aliphatic carbocycles. The Kier molecular flexibility index (Phi) is 3.58. The van der Waals surface area contributed by atoms with Gasteiger partial charge in [0.05, 0.1) is 10.8 Å². The lowest BCUT2D eigenvalue weighted by Crippen LogP contribution is -2.18. The minimum atomic E-state index is -4.85. The zero-order chi connectivity index (χ0) is 12.3. The molecule has 0 unspecified atom stereocenters. The number of nitro groups is 1. The van der Waals surface area contributed by atoms with Gasteiger partial charge in [-0.3, -0.25) is 10.1 Å². The highest BCUT2D eigenvalue weighted by Gasteiger charge is 2.32. The molecular weight excluding hydrogens is 251 g/mol. The summed E-state index contributed by atoms with van der Waals surface area (Å²) in [4.78, 5) is 9.64. The lowest BCUT2D eigenvalue weighted by Gasteiger charge is -2.11. The van der Waals surface area contributed by atoms with E-state index in [1.165, 1.54) is 0 Å². The molecule has 0 saturated carbocycles. The van der Waals surface area contributed by atoms with Gasteiger partial charge in [0.25, 0.3) is 5.69 Å². The summed E-state index contributed by atoms with van der Waals surface area (Å²) in [6, 6.07) is 2.72. The molecule has 0 bridgehead atoms. The normalized spacial score (nSPS) is 11.2. The second-order valence-electron chi connectivity index (χ2n) is 2.73. The summed E-state index contributed by atoms with van der Waals surface area (Å²) in [5, 5.41) is 10.4. The second kappa shape index (κ2) is 4.56. The molecule has 0 fully saturated rings. The van der Waals surface area contributed by atoms with Crippen LogP contribution in [0.2, 0.25) is 0 Å². The highest BCUT2D eigenvalue weighted by molar-refractivity contribution is 6.17. The Morgan fingerprint density at radius 3 is 2.50 bits per heavy atom. The Morgan fingerprint density at radius 1 is 1.44 bits per heavy atom. The van der Waals surface area contributed by atoms with E-state index >= 15 is 0 Å². The molecule has 0 N–H and O–H groups in total. The summed E-state index contributed by atoms with van der Waals surface area (Å²) in [5.74, 6) is -0.847. The van der Waals surface area contributed by atoms with E-state index in [-0.39, 0.29) is 17.1 Å². The monoisotopic (exact) mass is 255 g/mol. The third kappa shape index (κ3) is 3.27. The average molecular weight is 256 g/mol. The Morgan fingerprint density at radius 2 is 2.06 bits per heavy atom. The minimum Gasteiger partial charge on any atom is -0.405 e. The first-order chi connectivity index (χ1) is 7.33. The molecule has 1 rings (SSSR count). The van der Waals surface area contributed by atoms with Gasteiger partial charge >= 0.3 is 6.36 Å². The fourth-order valence-corrected chi connectivity index (χ4v) is 1.22. The number of non-ortho nitro benzene ring substituents is 1. The van der Waals surface area contributed by atoms with Crippen LogP contribution in [0.5, 0.6) is 5.75 Å². The van der Waals surface area contributed by atoms with Gasteiger partial charge in [0, 0.05) is 17.7 Å². The molecule has 0 amide bonds. The molecule has 16 heavy (non-hydrogen) atoms. The van der Waals surface area contributed by atoms with Crippen LogP contribution in [0, 0.1) is 10.1 Å². The van der Waals surface area contributed by atoms with E-state index in [1.54, 1.807) is 0 Å². The summed E-state index contributed by atoms with van der Waals surface area (Å²) in [7, 11) is 0. The van der Waals surface area contributed by atoms with E-state index in [4.69, 9.17) is 11.6 Å². The lowest BCUT2D eigenvalue weighted by molar-refractivity contribution is -0.385. The Hall–Kier alpha value is -1.50. The van der Waals surface area contributed by atoms with Crippen molar-refractivity contribution in [2.24, 2.45) is 0 Å². The Balaban J connectivity index is 3.07. The summed E-state index contributed by atoms with van der Waals surface area (Å²) in [6.07, 6.45) is -4.85. The van der Waals surface area contributed by atoms with Gasteiger partial charge in [-0.2, -0.15) is 0 Å². The van der Waals surface area contributed by atoms with Crippen LogP contribution in [0.15, 0.2) is 18.2 Å². The molecule has 0 atom stereocenters. The lowest BCUT2D eigenvalue weighted by atomic mass is 10.2. The quantitative estimate of drug-likeness (QED) is 0.473. The zero-order valence-corrected chi connectivity index (χ0v) is 8.38. The SMILES string of the molecule is O=[N+]([O-])c1ccc(OC(F)(F)F)c(CCl)c1. The number of ether oxygens (including phenoxy) is 1. The molecule has 0 radical (unpaired) electrons. The number of nitro benzene ring substituents is 1. The highest BCUT2D eigenvalue weighted by atomic mass is 35.5. The van der Waals surface area contributed by atoms with Crippen LogP contribution in [-0.2, 0) is 5.88 Å². The highest BCUT2D eigenvalue weighted by Crippen LogP contribution is 2.30. The van der Waals surface area contributed by atoms with Gasteiger partial charge in [0.2, 0.25) is 0 Å². The van der Waals surface area contributed by atoms with Gasteiger partial charge in [0.15, 0.2) is 0 Å². The maximum absolute atomic E-state index is 11.9. The maximum Gasteiger partial charge on any atom is 0.573 e. The fourth-order valence-electron chi connectivity index (χ4n) is 1.01. The standard InChI is InChI=1S/C8H5ClF3NO3/c9-4-5-3-6(13(14)15)1-2-7(5)16-8(10,11)12/h1-3H,4H2. The van der Waals surface area contributed by atoms with Crippen molar-refractivity contribution in [3.8, 4) is 5.75 Å². The van der Waals surface area contributed by atoms with Crippen LogP contribution in [-0.4, -0.2) is 11.3 Å². The molecular formula is C8H5ClF3NO3. The van der Waals surface area contributed by atoms with Crippen molar-refractivity contribution >= 4 is 17.3 Å². The number of hydrogen-bond acceptors (Lipinski definition) is 3. The molecule has 0 aliphatic heterocycles. The number of alkyl halides is 4. The minimum absolute atomic E-state index is 0.0896. The second-order valence-corrected chi connectivity index (χ2v) is 3.00. The van der Waals surface area contributed by atoms with Crippen LogP contribution < -0.4 is 4.74 Å². The van der Waals surface area contributed by atoms with Crippen molar-refractivity contribution in [1.82, 2.24) is 0 Å². The topological polar surface area (TPSA) is 52.4 Å². The van der Waals surface area contributed by atoms with Crippen molar-refractivity contribution in [3.05, 3.63) is 33.9 Å². The molecule has 0 spiro atoms.